The van der Waals surface area contributed by atoms with Gasteiger partial charge in [-0.15, -0.1) is 0 Å². The van der Waals surface area contributed by atoms with Crippen LogP contribution in [0.25, 0.3) is 0 Å². The number of halogens is 2. The molecule has 0 bridgehead atoms. The Labute approximate surface area is 120 Å². The number of hydrogen-bond acceptors (Lipinski definition) is 1. The molecule has 0 radical (unpaired) electrons. The van der Waals surface area contributed by atoms with E-state index in [4.69, 9.17) is 5.73 Å². The van der Waals surface area contributed by atoms with E-state index in [0.717, 1.165) is 37.7 Å². The summed E-state index contributed by atoms with van der Waals surface area (Å²) in [5.74, 6) is 0.501. The van der Waals surface area contributed by atoms with E-state index in [1.54, 1.807) is 6.07 Å². The summed E-state index contributed by atoms with van der Waals surface area (Å²) in [4.78, 5) is 0. The molecule has 0 atom stereocenters. The molecule has 0 aromatic heterocycles. The van der Waals surface area contributed by atoms with Crippen molar-refractivity contribution >= 4 is 0 Å². The molecule has 20 heavy (non-hydrogen) atoms. The molecular formula is C17H25F2N. The molecule has 1 aliphatic rings. The molecule has 1 aromatic rings. The minimum absolute atomic E-state index is 0.00986. The first-order valence-corrected chi connectivity index (χ1v) is 7.60. The van der Waals surface area contributed by atoms with Crippen LogP contribution in [-0.2, 0) is 6.42 Å². The Hall–Kier alpha value is -0.960. The second-order valence-corrected chi connectivity index (χ2v) is 6.70. The molecule has 3 heteroatoms. The van der Waals surface area contributed by atoms with Crippen molar-refractivity contribution in [3.8, 4) is 0 Å². The highest BCUT2D eigenvalue weighted by atomic mass is 19.1. The third kappa shape index (κ3) is 3.38. The quantitative estimate of drug-likeness (QED) is 0.875. The van der Waals surface area contributed by atoms with Crippen LogP contribution in [0.15, 0.2) is 18.2 Å². The number of nitrogens with two attached hydrogens (primary N) is 1. The highest BCUT2D eigenvalue weighted by Gasteiger charge is 2.35. The van der Waals surface area contributed by atoms with Crippen molar-refractivity contribution in [1.29, 1.82) is 0 Å². The van der Waals surface area contributed by atoms with Crippen LogP contribution in [0.2, 0.25) is 0 Å². The molecule has 112 valence electrons. The SMILES string of the molecule is CC(C)C1CCC(CN)(Cc2ccc(F)cc2F)CC1. The van der Waals surface area contributed by atoms with Crippen LogP contribution in [0.4, 0.5) is 8.78 Å². The van der Waals surface area contributed by atoms with E-state index >= 15 is 0 Å². The smallest absolute Gasteiger partial charge is 0.129 e. The molecule has 1 nitrogen and oxygen atoms in total. The second-order valence-electron chi connectivity index (χ2n) is 6.70. The van der Waals surface area contributed by atoms with Crippen LogP contribution in [0, 0.1) is 28.9 Å². The van der Waals surface area contributed by atoms with Gasteiger partial charge in [0.25, 0.3) is 0 Å². The molecule has 1 aromatic carbocycles. The first-order chi connectivity index (χ1) is 9.46. The first-order valence-electron chi connectivity index (χ1n) is 7.60. The van der Waals surface area contributed by atoms with Gasteiger partial charge < -0.3 is 5.73 Å². The molecule has 2 rings (SSSR count). The third-order valence-corrected chi connectivity index (χ3v) is 5.05. The monoisotopic (exact) mass is 281 g/mol. The van der Waals surface area contributed by atoms with Crippen molar-refractivity contribution in [2.75, 3.05) is 6.54 Å². The molecule has 0 saturated heterocycles. The lowest BCUT2D eigenvalue weighted by atomic mass is 9.65. The Balaban J connectivity index is 2.09. The summed E-state index contributed by atoms with van der Waals surface area (Å²) in [6.07, 6.45) is 5.04. The maximum absolute atomic E-state index is 13.8. The average molecular weight is 281 g/mol. The summed E-state index contributed by atoms with van der Waals surface area (Å²) in [5, 5.41) is 0. The van der Waals surface area contributed by atoms with E-state index in [0.29, 0.717) is 24.4 Å². The minimum atomic E-state index is -0.517. The van der Waals surface area contributed by atoms with Gasteiger partial charge in [-0.3, -0.25) is 0 Å². The lowest BCUT2D eigenvalue weighted by Crippen LogP contribution is -2.38. The summed E-state index contributed by atoms with van der Waals surface area (Å²) in [5.41, 5.74) is 6.58. The van der Waals surface area contributed by atoms with Gasteiger partial charge in [-0.25, -0.2) is 8.78 Å². The average Bonchev–Trinajstić information content (AvgIpc) is 2.42. The van der Waals surface area contributed by atoms with Gasteiger partial charge in [0.1, 0.15) is 11.6 Å². The van der Waals surface area contributed by atoms with Gasteiger partial charge in [0.2, 0.25) is 0 Å². The van der Waals surface area contributed by atoms with E-state index in [9.17, 15) is 8.78 Å². The van der Waals surface area contributed by atoms with E-state index in [2.05, 4.69) is 13.8 Å². The summed E-state index contributed by atoms with van der Waals surface area (Å²) < 4.78 is 26.8. The first kappa shape index (κ1) is 15.4. The molecule has 0 aliphatic heterocycles. The Morgan fingerprint density at radius 3 is 2.40 bits per heavy atom. The minimum Gasteiger partial charge on any atom is -0.330 e. The Morgan fingerprint density at radius 2 is 1.90 bits per heavy atom. The number of hydrogen-bond donors (Lipinski definition) is 1. The van der Waals surface area contributed by atoms with Crippen molar-refractivity contribution in [1.82, 2.24) is 0 Å². The lowest BCUT2D eigenvalue weighted by Gasteiger charge is -2.41. The van der Waals surface area contributed by atoms with E-state index in [1.807, 2.05) is 0 Å². The summed E-state index contributed by atoms with van der Waals surface area (Å²) in [6, 6.07) is 3.87. The summed E-state index contributed by atoms with van der Waals surface area (Å²) in [7, 11) is 0. The van der Waals surface area contributed by atoms with Gasteiger partial charge in [-0.2, -0.15) is 0 Å². The normalized spacial score (nSPS) is 27.0. The van der Waals surface area contributed by atoms with Gasteiger partial charge in [-0.05, 0) is 67.5 Å². The molecule has 2 N–H and O–H groups in total. The van der Waals surface area contributed by atoms with Crippen molar-refractivity contribution < 1.29 is 8.78 Å². The largest absolute Gasteiger partial charge is 0.330 e. The lowest BCUT2D eigenvalue weighted by molar-refractivity contribution is 0.131. The van der Waals surface area contributed by atoms with Gasteiger partial charge in [0.05, 0.1) is 0 Å². The molecule has 0 heterocycles. The van der Waals surface area contributed by atoms with Crippen LogP contribution in [0.5, 0.6) is 0 Å². The van der Waals surface area contributed by atoms with Crippen LogP contribution in [0.3, 0.4) is 0 Å². The van der Waals surface area contributed by atoms with Crippen LogP contribution in [-0.4, -0.2) is 6.54 Å². The summed E-state index contributed by atoms with van der Waals surface area (Å²) >= 11 is 0. The molecule has 0 unspecified atom stereocenters. The number of benzene rings is 1. The van der Waals surface area contributed by atoms with Gasteiger partial charge >= 0.3 is 0 Å². The topological polar surface area (TPSA) is 26.0 Å². The van der Waals surface area contributed by atoms with Crippen LogP contribution >= 0.6 is 0 Å². The fourth-order valence-corrected chi connectivity index (χ4v) is 3.44. The molecule has 0 spiro atoms. The predicted molar refractivity (Wildman–Crippen MR) is 78.3 cm³/mol. The van der Waals surface area contributed by atoms with Gasteiger partial charge in [0, 0.05) is 6.07 Å². The van der Waals surface area contributed by atoms with Crippen molar-refractivity contribution in [2.24, 2.45) is 23.0 Å². The van der Waals surface area contributed by atoms with Crippen molar-refractivity contribution in [3.63, 3.8) is 0 Å². The molecule has 0 amide bonds. The summed E-state index contributed by atoms with van der Waals surface area (Å²) in [6.45, 7) is 5.11. The molecule has 1 fully saturated rings. The zero-order valence-corrected chi connectivity index (χ0v) is 12.5. The van der Waals surface area contributed by atoms with E-state index < -0.39 is 11.6 Å². The maximum atomic E-state index is 13.8. The molecule has 1 saturated carbocycles. The van der Waals surface area contributed by atoms with Gasteiger partial charge in [0.15, 0.2) is 0 Å². The highest BCUT2D eigenvalue weighted by molar-refractivity contribution is 5.20. The van der Waals surface area contributed by atoms with Crippen LogP contribution < -0.4 is 5.73 Å². The molecule has 1 aliphatic carbocycles. The van der Waals surface area contributed by atoms with Gasteiger partial charge in [-0.1, -0.05) is 19.9 Å². The third-order valence-electron chi connectivity index (χ3n) is 5.05. The Kier molecular flexibility index (Phi) is 4.79. The van der Waals surface area contributed by atoms with E-state index in [-0.39, 0.29) is 5.41 Å². The standard InChI is InChI=1S/C17H25F2N/c1-12(2)13-5-7-17(11-20,8-6-13)10-14-3-4-15(18)9-16(14)19/h3-4,9,12-13H,5-8,10-11,20H2,1-2H3. The fourth-order valence-electron chi connectivity index (χ4n) is 3.44. The highest BCUT2D eigenvalue weighted by Crippen LogP contribution is 2.43. The Bertz CT molecular complexity index is 448. The Morgan fingerprint density at radius 1 is 1.25 bits per heavy atom. The zero-order valence-electron chi connectivity index (χ0n) is 12.5. The fraction of sp³-hybridized carbons (Fsp3) is 0.647. The van der Waals surface area contributed by atoms with Crippen molar-refractivity contribution in [2.45, 2.75) is 46.0 Å². The maximum Gasteiger partial charge on any atom is 0.129 e. The van der Waals surface area contributed by atoms with Crippen LogP contribution in [0.1, 0.15) is 45.1 Å². The zero-order chi connectivity index (χ0) is 14.8. The second kappa shape index (κ2) is 6.21. The van der Waals surface area contributed by atoms with Crippen molar-refractivity contribution in [3.05, 3.63) is 35.4 Å². The van der Waals surface area contributed by atoms with E-state index in [1.165, 1.54) is 6.07 Å². The molecular weight excluding hydrogens is 256 g/mol. The number of rotatable bonds is 4. The predicted octanol–water partition coefficient (Wildman–Crippen LogP) is 4.30.